The molecule has 9 nitrogen and oxygen atoms in total. The fourth-order valence-electron chi connectivity index (χ4n) is 7.16. The van der Waals surface area contributed by atoms with Gasteiger partial charge >= 0.3 is 0 Å². The van der Waals surface area contributed by atoms with Gasteiger partial charge in [-0.05, 0) is 81.0 Å². The molecule has 2 aliphatic rings. The van der Waals surface area contributed by atoms with Crippen molar-refractivity contribution in [3.8, 4) is 23.5 Å². The van der Waals surface area contributed by atoms with Crippen LogP contribution < -0.4 is 10.5 Å². The molecule has 1 atom stereocenters. The van der Waals surface area contributed by atoms with Gasteiger partial charge in [0.25, 0.3) is 15.6 Å². The number of aromatic nitrogens is 4. The van der Waals surface area contributed by atoms with Crippen LogP contribution in [0.2, 0.25) is 0 Å². The molecule has 0 bridgehead atoms. The number of pyridine rings is 1. The molecule has 0 amide bonds. The third kappa shape index (κ3) is 5.80. The molecule has 2 fully saturated rings. The third-order valence-corrected chi connectivity index (χ3v) is 12.0. The average Bonchev–Trinajstić information content (AvgIpc) is 3.85. The van der Waals surface area contributed by atoms with E-state index in [1.807, 2.05) is 43.3 Å². The number of rotatable bonds is 8. The van der Waals surface area contributed by atoms with Crippen molar-refractivity contribution in [2.24, 2.45) is 13.0 Å². The highest BCUT2D eigenvalue weighted by Gasteiger charge is 2.40. The average molecular weight is 698 g/mol. The summed E-state index contributed by atoms with van der Waals surface area (Å²) in [7, 11) is -2.40. The quantitative estimate of drug-likeness (QED) is 0.162. The number of aryl methyl sites for hydroxylation is 2. The molecule has 0 N–H and O–H groups in total. The number of ether oxygens (including phenoxy) is 1. The number of piperidine rings is 1. The summed E-state index contributed by atoms with van der Waals surface area (Å²) in [4.78, 5) is 26.4. The van der Waals surface area contributed by atoms with Gasteiger partial charge in [0, 0.05) is 54.8 Å². The minimum Gasteiger partial charge on any atom is -0.361 e. The lowest BCUT2D eigenvalue weighted by atomic mass is 9.88. The van der Waals surface area contributed by atoms with Crippen molar-refractivity contribution in [2.75, 3.05) is 18.0 Å². The van der Waals surface area contributed by atoms with E-state index in [4.69, 9.17) is 21.1 Å². The van der Waals surface area contributed by atoms with E-state index in [9.17, 15) is 13.2 Å². The number of terminal acetylenes is 1. The molecule has 4 heterocycles. The lowest BCUT2D eigenvalue weighted by Gasteiger charge is -2.34. The zero-order valence-corrected chi connectivity index (χ0v) is 29.7. The van der Waals surface area contributed by atoms with Gasteiger partial charge in [0.05, 0.1) is 22.2 Å². The van der Waals surface area contributed by atoms with Gasteiger partial charge in [0.15, 0.2) is 0 Å². The molecule has 1 saturated heterocycles. The zero-order valence-electron chi connectivity index (χ0n) is 28.9. The SMILES string of the molecule is C#CC1CCN(c2nc(C(C)(OC3CC3)c3ccccc3)c3cc(-c4cn(C)c(=O)c5c4ccn5S(=O)(=O)c4ccc(C)cc4)ccc3n2)CC1. The first-order valence-corrected chi connectivity index (χ1v) is 18.8. The first-order valence-electron chi connectivity index (χ1n) is 17.4. The lowest BCUT2D eigenvalue weighted by Crippen LogP contribution is -2.36. The largest absolute Gasteiger partial charge is 0.361 e. The standard InChI is InChI=1S/C41H39N5O4S/c1-5-28-19-22-45(23-20-28)40-42-36-18-13-29(25-34(36)38(43-40)41(3,50-31-14-15-31)30-9-7-6-8-10-30)35-26-44(4)39(47)37-33(35)21-24-46(37)51(48,49)32-16-11-27(2)12-17-32/h1,6-13,16-18,21,24-26,28,31H,14-15,19-20,22-23H2,2-4H3. The fourth-order valence-corrected chi connectivity index (χ4v) is 8.50. The van der Waals surface area contributed by atoms with Crippen LogP contribution in [0.15, 0.2) is 101 Å². The highest BCUT2D eigenvalue weighted by atomic mass is 32.2. The molecular formula is C41H39N5O4S. The fraction of sp³-hybridized carbons (Fsp3) is 0.293. The van der Waals surface area contributed by atoms with Gasteiger partial charge in [-0.25, -0.2) is 22.4 Å². The van der Waals surface area contributed by atoms with Crippen LogP contribution in [-0.2, 0) is 27.4 Å². The predicted molar refractivity (Wildman–Crippen MR) is 200 cm³/mol. The maximum atomic E-state index is 13.9. The summed E-state index contributed by atoms with van der Waals surface area (Å²) in [5, 5.41) is 1.35. The zero-order chi connectivity index (χ0) is 35.5. The molecule has 1 aliphatic heterocycles. The summed E-state index contributed by atoms with van der Waals surface area (Å²) in [5.41, 5.74) is 3.74. The third-order valence-electron chi connectivity index (χ3n) is 10.3. The topological polar surface area (TPSA) is 99.3 Å². The maximum absolute atomic E-state index is 13.9. The summed E-state index contributed by atoms with van der Waals surface area (Å²) < 4.78 is 37.1. The molecule has 3 aromatic carbocycles. The first-order chi connectivity index (χ1) is 24.6. The Kier molecular flexibility index (Phi) is 8.08. The van der Waals surface area contributed by atoms with Gasteiger partial charge in [0.1, 0.15) is 11.1 Å². The predicted octanol–water partition coefficient (Wildman–Crippen LogP) is 6.79. The summed E-state index contributed by atoms with van der Waals surface area (Å²) in [6.07, 6.45) is 12.8. The summed E-state index contributed by atoms with van der Waals surface area (Å²) in [6, 6.07) is 24.5. The van der Waals surface area contributed by atoms with E-state index in [-0.39, 0.29) is 22.4 Å². The molecular weight excluding hydrogens is 659 g/mol. The van der Waals surface area contributed by atoms with Gasteiger partial charge < -0.3 is 14.2 Å². The Hall–Kier alpha value is -5.24. The van der Waals surface area contributed by atoms with Crippen LogP contribution in [0.1, 0.15) is 49.4 Å². The molecule has 10 heteroatoms. The molecule has 258 valence electrons. The van der Waals surface area contributed by atoms with Crippen LogP contribution in [0.25, 0.3) is 32.9 Å². The Morgan fingerprint density at radius 2 is 1.65 bits per heavy atom. The van der Waals surface area contributed by atoms with Crippen LogP contribution >= 0.6 is 0 Å². The first kappa shape index (κ1) is 32.9. The minimum atomic E-state index is -4.04. The van der Waals surface area contributed by atoms with Crippen molar-refractivity contribution in [1.29, 1.82) is 0 Å². The second-order valence-corrected chi connectivity index (χ2v) is 15.7. The van der Waals surface area contributed by atoms with Gasteiger partial charge in [0.2, 0.25) is 5.95 Å². The Balaban J connectivity index is 1.33. The van der Waals surface area contributed by atoms with Crippen LogP contribution in [0, 0.1) is 25.2 Å². The van der Waals surface area contributed by atoms with Gasteiger partial charge in [-0.15, -0.1) is 12.3 Å². The molecule has 0 spiro atoms. The number of nitrogens with zero attached hydrogens (tertiary/aromatic N) is 5. The van der Waals surface area contributed by atoms with Crippen LogP contribution in [-0.4, -0.2) is 46.1 Å². The van der Waals surface area contributed by atoms with Crippen LogP contribution in [0.4, 0.5) is 5.95 Å². The van der Waals surface area contributed by atoms with Crippen LogP contribution in [0.5, 0.6) is 0 Å². The minimum absolute atomic E-state index is 0.0871. The molecule has 1 unspecified atom stereocenters. The number of anilines is 1. The second-order valence-electron chi connectivity index (χ2n) is 13.9. The number of hydrogen-bond donors (Lipinski definition) is 0. The van der Waals surface area contributed by atoms with E-state index < -0.39 is 21.2 Å². The van der Waals surface area contributed by atoms with Crippen molar-refractivity contribution in [1.82, 2.24) is 18.5 Å². The van der Waals surface area contributed by atoms with Crippen molar-refractivity contribution in [2.45, 2.75) is 56.1 Å². The van der Waals surface area contributed by atoms with E-state index in [1.54, 1.807) is 43.6 Å². The lowest BCUT2D eigenvalue weighted by molar-refractivity contribution is -0.0185. The maximum Gasteiger partial charge on any atom is 0.275 e. The van der Waals surface area contributed by atoms with Crippen molar-refractivity contribution in [3.05, 3.63) is 118 Å². The molecule has 3 aromatic heterocycles. The van der Waals surface area contributed by atoms with Crippen molar-refractivity contribution in [3.63, 3.8) is 0 Å². The Morgan fingerprint density at radius 1 is 0.922 bits per heavy atom. The van der Waals surface area contributed by atoms with E-state index in [0.717, 1.165) is 76.0 Å². The normalized spacial score (nSPS) is 16.7. The van der Waals surface area contributed by atoms with Gasteiger partial charge in [-0.3, -0.25) is 4.79 Å². The summed E-state index contributed by atoms with van der Waals surface area (Å²) in [5.74, 6) is 3.80. The van der Waals surface area contributed by atoms with Crippen molar-refractivity contribution >= 4 is 37.8 Å². The molecule has 1 aliphatic carbocycles. The van der Waals surface area contributed by atoms with E-state index >= 15 is 0 Å². The highest BCUT2D eigenvalue weighted by Crippen LogP contribution is 2.43. The second kappa shape index (κ2) is 12.5. The van der Waals surface area contributed by atoms with Gasteiger partial charge in [-0.2, -0.15) is 0 Å². The van der Waals surface area contributed by atoms with E-state index in [1.165, 1.54) is 10.8 Å². The van der Waals surface area contributed by atoms with E-state index in [2.05, 4.69) is 29.9 Å². The van der Waals surface area contributed by atoms with Gasteiger partial charge in [-0.1, -0.05) is 54.1 Å². The monoisotopic (exact) mass is 697 g/mol. The Morgan fingerprint density at radius 3 is 2.33 bits per heavy atom. The van der Waals surface area contributed by atoms with E-state index in [0.29, 0.717) is 16.9 Å². The molecule has 6 aromatic rings. The summed E-state index contributed by atoms with van der Waals surface area (Å²) >= 11 is 0. The van der Waals surface area contributed by atoms with Crippen molar-refractivity contribution < 1.29 is 13.2 Å². The molecule has 1 saturated carbocycles. The summed E-state index contributed by atoms with van der Waals surface area (Å²) in [6.45, 7) is 5.52. The number of fused-ring (bicyclic) bond motifs is 2. The molecule has 8 rings (SSSR count). The molecule has 51 heavy (non-hydrogen) atoms. The molecule has 0 radical (unpaired) electrons. The number of hydrogen-bond acceptors (Lipinski definition) is 7. The van der Waals surface area contributed by atoms with Crippen LogP contribution in [0.3, 0.4) is 0 Å². The number of benzene rings is 3. The smallest absolute Gasteiger partial charge is 0.275 e. The highest BCUT2D eigenvalue weighted by molar-refractivity contribution is 7.90. The Labute approximate surface area is 297 Å². The Bertz CT molecular complexity index is 2510.